The second-order valence-corrected chi connectivity index (χ2v) is 7.14. The number of hydrogen-bond donors (Lipinski definition) is 3. The maximum absolute atomic E-state index is 12.8. The minimum absolute atomic E-state index is 0.00774. The van der Waals surface area contributed by atoms with Gasteiger partial charge in [0.25, 0.3) is 5.91 Å². The van der Waals surface area contributed by atoms with E-state index < -0.39 is 6.04 Å². The molecule has 1 aliphatic heterocycles. The zero-order chi connectivity index (χ0) is 17.4. The lowest BCUT2D eigenvalue weighted by Gasteiger charge is -2.29. The monoisotopic (exact) mass is 341 g/mol. The van der Waals surface area contributed by atoms with Crippen LogP contribution in [0.2, 0.25) is 0 Å². The first-order valence-corrected chi connectivity index (χ1v) is 8.99. The SMILES string of the molecule is CC(=O)C(NC(=O)c1c[nH]c2ncc(C3CC3)nc12)C1CCCNC1. The van der Waals surface area contributed by atoms with E-state index in [0.29, 0.717) is 22.6 Å². The molecule has 2 aromatic heterocycles. The summed E-state index contributed by atoms with van der Waals surface area (Å²) in [5.41, 5.74) is 2.60. The summed E-state index contributed by atoms with van der Waals surface area (Å²) in [6.07, 6.45) is 7.64. The number of ketones is 1. The first kappa shape index (κ1) is 16.2. The maximum atomic E-state index is 12.8. The molecule has 3 N–H and O–H groups in total. The number of piperidine rings is 1. The highest BCUT2D eigenvalue weighted by Gasteiger charge is 2.30. The quantitative estimate of drug-likeness (QED) is 0.766. The molecule has 2 fully saturated rings. The van der Waals surface area contributed by atoms with Crippen molar-refractivity contribution in [1.82, 2.24) is 25.6 Å². The van der Waals surface area contributed by atoms with Crippen molar-refractivity contribution in [3.05, 3.63) is 23.7 Å². The molecule has 1 saturated carbocycles. The summed E-state index contributed by atoms with van der Waals surface area (Å²) in [6, 6.07) is -0.468. The molecule has 1 aliphatic carbocycles. The van der Waals surface area contributed by atoms with E-state index in [1.807, 2.05) is 0 Å². The van der Waals surface area contributed by atoms with Gasteiger partial charge in [-0.3, -0.25) is 9.59 Å². The summed E-state index contributed by atoms with van der Waals surface area (Å²) in [6.45, 7) is 3.26. The lowest BCUT2D eigenvalue weighted by Crippen LogP contribution is -2.49. The Hall–Kier alpha value is -2.28. The van der Waals surface area contributed by atoms with E-state index in [2.05, 4.69) is 25.6 Å². The van der Waals surface area contributed by atoms with Crippen molar-refractivity contribution in [2.45, 2.75) is 44.6 Å². The largest absolute Gasteiger partial charge is 0.344 e. The molecule has 2 unspecified atom stereocenters. The molecule has 2 aliphatic rings. The van der Waals surface area contributed by atoms with Crippen LogP contribution in [0.25, 0.3) is 11.2 Å². The van der Waals surface area contributed by atoms with Gasteiger partial charge in [-0.05, 0) is 45.1 Å². The number of carbonyl (C=O) groups is 2. The van der Waals surface area contributed by atoms with Crippen molar-refractivity contribution in [2.75, 3.05) is 13.1 Å². The second-order valence-electron chi connectivity index (χ2n) is 7.14. The van der Waals surface area contributed by atoms with Crippen LogP contribution in [0, 0.1) is 5.92 Å². The average Bonchev–Trinajstić information content (AvgIpc) is 3.39. The summed E-state index contributed by atoms with van der Waals surface area (Å²) in [5, 5.41) is 6.23. The smallest absolute Gasteiger partial charge is 0.255 e. The molecule has 0 aromatic carbocycles. The van der Waals surface area contributed by atoms with Gasteiger partial charge in [0.2, 0.25) is 0 Å². The number of carbonyl (C=O) groups excluding carboxylic acids is 2. The molecule has 2 aromatic rings. The lowest BCUT2D eigenvalue weighted by molar-refractivity contribution is -0.120. The molecular weight excluding hydrogens is 318 g/mol. The third-order valence-corrected chi connectivity index (χ3v) is 5.17. The molecule has 25 heavy (non-hydrogen) atoms. The molecule has 0 bridgehead atoms. The van der Waals surface area contributed by atoms with Crippen LogP contribution in [0.4, 0.5) is 0 Å². The van der Waals surface area contributed by atoms with Crippen LogP contribution in [0.15, 0.2) is 12.4 Å². The Morgan fingerprint density at radius 1 is 1.32 bits per heavy atom. The third-order valence-electron chi connectivity index (χ3n) is 5.17. The van der Waals surface area contributed by atoms with Crippen molar-refractivity contribution < 1.29 is 9.59 Å². The average molecular weight is 341 g/mol. The van der Waals surface area contributed by atoms with E-state index in [1.54, 1.807) is 19.3 Å². The molecule has 3 heterocycles. The Balaban J connectivity index is 1.57. The van der Waals surface area contributed by atoms with Gasteiger partial charge < -0.3 is 15.6 Å². The van der Waals surface area contributed by atoms with Crippen LogP contribution < -0.4 is 10.6 Å². The molecule has 7 heteroatoms. The van der Waals surface area contributed by atoms with Crippen molar-refractivity contribution in [3.8, 4) is 0 Å². The number of nitrogens with zero attached hydrogens (tertiary/aromatic N) is 2. The van der Waals surface area contributed by atoms with Crippen LogP contribution in [0.1, 0.15) is 54.6 Å². The number of aromatic nitrogens is 3. The fourth-order valence-electron chi connectivity index (χ4n) is 3.59. The second kappa shape index (κ2) is 6.55. The van der Waals surface area contributed by atoms with Crippen LogP contribution in [-0.2, 0) is 4.79 Å². The number of nitrogens with one attached hydrogen (secondary N) is 3. The molecule has 2 atom stereocenters. The minimum atomic E-state index is -0.468. The molecule has 0 spiro atoms. The summed E-state index contributed by atoms with van der Waals surface area (Å²) in [5.74, 6) is 0.334. The highest BCUT2D eigenvalue weighted by atomic mass is 16.2. The van der Waals surface area contributed by atoms with Gasteiger partial charge in [-0.2, -0.15) is 0 Å². The Labute approximate surface area is 146 Å². The Kier molecular flexibility index (Phi) is 4.25. The van der Waals surface area contributed by atoms with Crippen molar-refractivity contribution in [2.24, 2.45) is 5.92 Å². The normalized spacial score (nSPS) is 21.9. The highest BCUT2D eigenvalue weighted by Crippen LogP contribution is 2.39. The summed E-state index contributed by atoms with van der Waals surface area (Å²) in [4.78, 5) is 36.9. The Bertz CT molecular complexity index is 805. The fourth-order valence-corrected chi connectivity index (χ4v) is 3.59. The zero-order valence-electron chi connectivity index (χ0n) is 14.3. The summed E-state index contributed by atoms with van der Waals surface area (Å²) < 4.78 is 0. The predicted octanol–water partition coefficient (Wildman–Crippen LogP) is 1.52. The van der Waals surface area contributed by atoms with Gasteiger partial charge in [-0.1, -0.05) is 0 Å². The van der Waals surface area contributed by atoms with Gasteiger partial charge >= 0.3 is 0 Å². The topological polar surface area (TPSA) is 99.8 Å². The third kappa shape index (κ3) is 3.28. The van der Waals surface area contributed by atoms with Crippen LogP contribution >= 0.6 is 0 Å². The van der Waals surface area contributed by atoms with E-state index in [1.165, 1.54) is 0 Å². The standard InChI is InChI=1S/C18H23N5O2/c1-10(24)15(12-3-2-6-19-7-12)23-18(25)13-8-20-17-16(13)22-14(9-21-17)11-4-5-11/h8-9,11-12,15,19H,2-7H2,1H3,(H,20,21)(H,23,25). The highest BCUT2D eigenvalue weighted by molar-refractivity contribution is 6.05. The predicted molar refractivity (Wildman–Crippen MR) is 93.4 cm³/mol. The molecule has 0 radical (unpaired) electrons. The molecule has 4 rings (SSSR count). The van der Waals surface area contributed by atoms with Gasteiger partial charge in [-0.15, -0.1) is 0 Å². The number of rotatable bonds is 5. The maximum Gasteiger partial charge on any atom is 0.255 e. The van der Waals surface area contributed by atoms with Gasteiger partial charge in [-0.25, -0.2) is 9.97 Å². The molecule has 132 valence electrons. The van der Waals surface area contributed by atoms with Crippen molar-refractivity contribution >= 4 is 22.9 Å². The number of fused-ring (bicyclic) bond motifs is 1. The molecule has 1 amide bonds. The van der Waals surface area contributed by atoms with Gasteiger partial charge in [0, 0.05) is 18.7 Å². The van der Waals surface area contributed by atoms with E-state index in [9.17, 15) is 9.59 Å². The number of amides is 1. The van der Waals surface area contributed by atoms with E-state index >= 15 is 0 Å². The number of Topliss-reactive ketones (excluding diaryl/α,β-unsaturated/α-hetero) is 1. The summed E-state index contributed by atoms with van der Waals surface area (Å²) >= 11 is 0. The Morgan fingerprint density at radius 3 is 2.84 bits per heavy atom. The van der Waals surface area contributed by atoms with Crippen LogP contribution in [0.5, 0.6) is 0 Å². The molecule has 1 saturated heterocycles. The zero-order valence-corrected chi connectivity index (χ0v) is 14.3. The van der Waals surface area contributed by atoms with E-state index in [0.717, 1.165) is 44.5 Å². The first-order chi connectivity index (χ1) is 12.1. The van der Waals surface area contributed by atoms with Gasteiger partial charge in [0.05, 0.1) is 23.5 Å². The lowest BCUT2D eigenvalue weighted by atomic mass is 9.89. The number of H-pyrrole nitrogens is 1. The minimum Gasteiger partial charge on any atom is -0.344 e. The molecular formula is C18H23N5O2. The first-order valence-electron chi connectivity index (χ1n) is 8.99. The van der Waals surface area contributed by atoms with Crippen LogP contribution in [-0.4, -0.2) is 45.8 Å². The van der Waals surface area contributed by atoms with Crippen LogP contribution in [0.3, 0.4) is 0 Å². The van der Waals surface area contributed by atoms with Crippen molar-refractivity contribution in [3.63, 3.8) is 0 Å². The van der Waals surface area contributed by atoms with Gasteiger partial charge in [0.1, 0.15) is 5.52 Å². The van der Waals surface area contributed by atoms with Gasteiger partial charge in [0.15, 0.2) is 11.4 Å². The van der Waals surface area contributed by atoms with E-state index in [4.69, 9.17) is 0 Å². The Morgan fingerprint density at radius 2 is 2.16 bits per heavy atom. The van der Waals surface area contributed by atoms with E-state index in [-0.39, 0.29) is 17.6 Å². The number of hydrogen-bond acceptors (Lipinski definition) is 5. The number of aromatic amines is 1. The van der Waals surface area contributed by atoms with Crippen molar-refractivity contribution in [1.29, 1.82) is 0 Å². The summed E-state index contributed by atoms with van der Waals surface area (Å²) in [7, 11) is 0. The fraction of sp³-hybridized carbons (Fsp3) is 0.556. The molecule has 7 nitrogen and oxygen atoms in total.